The van der Waals surface area contributed by atoms with E-state index in [-0.39, 0.29) is 0 Å². The minimum Gasteiger partial charge on any atom is -0.366 e. The number of primary amides is 1. The third kappa shape index (κ3) is 1.86. The number of nitrogens with zero attached hydrogens (tertiary/aromatic N) is 1. The lowest BCUT2D eigenvalue weighted by Gasteiger charge is -2.13. The van der Waals surface area contributed by atoms with Crippen molar-refractivity contribution in [1.29, 1.82) is 0 Å². The van der Waals surface area contributed by atoms with Crippen molar-refractivity contribution in [1.82, 2.24) is 9.97 Å². The number of carbonyl (C=O) groups is 1. The van der Waals surface area contributed by atoms with Crippen molar-refractivity contribution in [3.8, 4) is 11.1 Å². The summed E-state index contributed by atoms with van der Waals surface area (Å²) in [5.74, 6) is -0.399. The largest absolute Gasteiger partial charge is 0.366 e. The van der Waals surface area contributed by atoms with Crippen LogP contribution in [0.2, 0.25) is 0 Å². The van der Waals surface area contributed by atoms with Gasteiger partial charge in [-0.05, 0) is 54.3 Å². The Kier molecular flexibility index (Phi) is 2.79. The molecule has 20 heavy (non-hydrogen) atoms. The molecular formula is C16H15N3O. The number of hydrogen-bond donors (Lipinski definition) is 2. The molecule has 1 aromatic heterocycles. The number of hydrogen-bond acceptors (Lipinski definition) is 2. The highest BCUT2D eigenvalue weighted by Crippen LogP contribution is 2.30. The number of amides is 1. The highest BCUT2D eigenvalue weighted by molar-refractivity contribution is 5.97. The van der Waals surface area contributed by atoms with E-state index in [4.69, 9.17) is 5.73 Å². The van der Waals surface area contributed by atoms with Crippen LogP contribution in [-0.4, -0.2) is 15.9 Å². The molecule has 4 heteroatoms. The van der Waals surface area contributed by atoms with Gasteiger partial charge < -0.3 is 10.7 Å². The average molecular weight is 265 g/mol. The van der Waals surface area contributed by atoms with Crippen LogP contribution in [0.3, 0.4) is 0 Å². The molecule has 0 radical (unpaired) electrons. The van der Waals surface area contributed by atoms with E-state index in [0.29, 0.717) is 5.56 Å². The van der Waals surface area contributed by atoms with Crippen LogP contribution >= 0.6 is 0 Å². The van der Waals surface area contributed by atoms with Crippen molar-refractivity contribution >= 4 is 16.9 Å². The molecule has 0 atom stereocenters. The molecule has 0 aliphatic rings. The van der Waals surface area contributed by atoms with Crippen LogP contribution in [0.5, 0.6) is 0 Å². The zero-order valence-electron chi connectivity index (χ0n) is 11.4. The molecule has 1 amide bonds. The normalized spacial score (nSPS) is 10.9. The summed E-state index contributed by atoms with van der Waals surface area (Å²) in [5.41, 5.74) is 12.0. The molecule has 0 aliphatic carbocycles. The molecule has 0 fully saturated rings. The maximum Gasteiger partial charge on any atom is 0.248 e. The number of imidazole rings is 1. The number of nitrogens with two attached hydrogens (primary N) is 1. The summed E-state index contributed by atoms with van der Waals surface area (Å²) >= 11 is 0. The number of carbonyl (C=O) groups excluding carboxylic acids is 1. The second kappa shape index (κ2) is 4.49. The van der Waals surface area contributed by atoms with Crippen molar-refractivity contribution in [2.75, 3.05) is 0 Å². The van der Waals surface area contributed by atoms with E-state index in [9.17, 15) is 4.79 Å². The zero-order chi connectivity index (χ0) is 14.3. The van der Waals surface area contributed by atoms with Crippen LogP contribution in [-0.2, 0) is 0 Å². The topological polar surface area (TPSA) is 71.8 Å². The molecule has 0 saturated heterocycles. The Morgan fingerprint density at radius 2 is 2.00 bits per heavy atom. The lowest BCUT2D eigenvalue weighted by atomic mass is 9.92. The number of benzene rings is 2. The van der Waals surface area contributed by atoms with Gasteiger partial charge in [-0.1, -0.05) is 12.1 Å². The van der Waals surface area contributed by atoms with E-state index in [0.717, 1.165) is 33.3 Å². The predicted octanol–water partition coefficient (Wildman–Crippen LogP) is 2.95. The fourth-order valence-corrected chi connectivity index (χ4v) is 2.65. The summed E-state index contributed by atoms with van der Waals surface area (Å²) in [4.78, 5) is 18.8. The smallest absolute Gasteiger partial charge is 0.248 e. The number of aromatic amines is 1. The number of nitrogens with one attached hydrogen (secondary N) is 1. The molecule has 0 aliphatic heterocycles. The molecule has 3 N–H and O–H groups in total. The zero-order valence-corrected chi connectivity index (χ0v) is 11.4. The van der Waals surface area contributed by atoms with Gasteiger partial charge in [-0.15, -0.1) is 0 Å². The number of H-pyrrole nitrogens is 1. The van der Waals surface area contributed by atoms with Gasteiger partial charge >= 0.3 is 0 Å². The van der Waals surface area contributed by atoms with E-state index in [2.05, 4.69) is 9.97 Å². The van der Waals surface area contributed by atoms with Gasteiger partial charge in [0, 0.05) is 5.56 Å². The third-order valence-corrected chi connectivity index (χ3v) is 3.65. The molecule has 0 unspecified atom stereocenters. The lowest BCUT2D eigenvalue weighted by Crippen LogP contribution is -2.13. The van der Waals surface area contributed by atoms with Gasteiger partial charge in [-0.25, -0.2) is 4.98 Å². The Morgan fingerprint density at radius 3 is 2.75 bits per heavy atom. The van der Waals surface area contributed by atoms with Crippen molar-refractivity contribution in [3.63, 3.8) is 0 Å². The first-order valence-corrected chi connectivity index (χ1v) is 6.41. The summed E-state index contributed by atoms with van der Waals surface area (Å²) < 4.78 is 0. The molecule has 3 rings (SSSR count). The highest BCUT2D eigenvalue weighted by atomic mass is 16.1. The van der Waals surface area contributed by atoms with Crippen LogP contribution < -0.4 is 5.73 Å². The number of fused-ring (bicyclic) bond motifs is 1. The van der Waals surface area contributed by atoms with E-state index in [1.165, 1.54) is 0 Å². The summed E-state index contributed by atoms with van der Waals surface area (Å²) in [7, 11) is 0. The lowest BCUT2D eigenvalue weighted by molar-refractivity contribution is 0.1000. The molecular weight excluding hydrogens is 250 g/mol. The van der Waals surface area contributed by atoms with Gasteiger partial charge in [0.05, 0.1) is 17.4 Å². The van der Waals surface area contributed by atoms with Gasteiger partial charge in [0.2, 0.25) is 5.91 Å². The van der Waals surface area contributed by atoms with E-state index in [1.54, 1.807) is 12.4 Å². The van der Waals surface area contributed by atoms with E-state index in [1.807, 2.05) is 38.1 Å². The summed E-state index contributed by atoms with van der Waals surface area (Å²) in [6.07, 6.45) is 1.67. The SMILES string of the molecule is Cc1ccc(C(N)=O)c(C)c1-c1ccc2[nH]cnc2c1. The van der Waals surface area contributed by atoms with Crippen LogP contribution in [0.25, 0.3) is 22.2 Å². The minimum absolute atomic E-state index is 0.399. The molecule has 0 spiro atoms. The van der Waals surface area contributed by atoms with Crippen LogP contribution in [0.15, 0.2) is 36.7 Å². The monoisotopic (exact) mass is 265 g/mol. The van der Waals surface area contributed by atoms with Crippen LogP contribution in [0.4, 0.5) is 0 Å². The fourth-order valence-electron chi connectivity index (χ4n) is 2.65. The molecule has 1 heterocycles. The standard InChI is InChI=1S/C16H15N3O/c1-9-3-5-12(16(17)20)10(2)15(9)11-4-6-13-14(7-11)19-8-18-13/h3-8H,1-2H3,(H2,17,20)(H,18,19). The molecule has 2 aromatic carbocycles. The number of rotatable bonds is 2. The Balaban J connectivity index is 2.27. The number of aromatic nitrogens is 2. The predicted molar refractivity (Wildman–Crippen MR) is 79.5 cm³/mol. The second-order valence-electron chi connectivity index (χ2n) is 4.93. The molecule has 3 aromatic rings. The fraction of sp³-hybridized carbons (Fsp3) is 0.125. The Labute approximate surface area is 116 Å². The minimum atomic E-state index is -0.399. The maximum absolute atomic E-state index is 11.5. The molecule has 4 nitrogen and oxygen atoms in total. The van der Waals surface area contributed by atoms with Gasteiger partial charge in [0.15, 0.2) is 0 Å². The maximum atomic E-state index is 11.5. The Bertz CT molecular complexity index is 818. The summed E-state index contributed by atoms with van der Waals surface area (Å²) in [5, 5.41) is 0. The summed E-state index contributed by atoms with van der Waals surface area (Å²) in [6.45, 7) is 3.96. The van der Waals surface area contributed by atoms with E-state index >= 15 is 0 Å². The first-order chi connectivity index (χ1) is 9.58. The van der Waals surface area contributed by atoms with Gasteiger partial charge in [-0.3, -0.25) is 4.79 Å². The number of aryl methyl sites for hydroxylation is 1. The molecule has 0 bridgehead atoms. The van der Waals surface area contributed by atoms with E-state index < -0.39 is 5.91 Å². The third-order valence-electron chi connectivity index (χ3n) is 3.65. The van der Waals surface area contributed by atoms with Crippen molar-refractivity contribution in [2.24, 2.45) is 5.73 Å². The van der Waals surface area contributed by atoms with Gasteiger partial charge in [0.25, 0.3) is 0 Å². The average Bonchev–Trinajstić information content (AvgIpc) is 2.85. The molecule has 100 valence electrons. The summed E-state index contributed by atoms with van der Waals surface area (Å²) in [6, 6.07) is 9.75. The van der Waals surface area contributed by atoms with Crippen molar-refractivity contribution in [2.45, 2.75) is 13.8 Å². The molecule has 0 saturated carbocycles. The first kappa shape index (κ1) is 12.4. The Morgan fingerprint density at radius 1 is 1.20 bits per heavy atom. The highest BCUT2D eigenvalue weighted by Gasteiger charge is 2.13. The van der Waals surface area contributed by atoms with Gasteiger partial charge in [-0.2, -0.15) is 0 Å². The first-order valence-electron chi connectivity index (χ1n) is 6.41. The van der Waals surface area contributed by atoms with Crippen LogP contribution in [0.1, 0.15) is 21.5 Å². The Hall–Kier alpha value is -2.62. The quantitative estimate of drug-likeness (QED) is 0.747. The van der Waals surface area contributed by atoms with Gasteiger partial charge in [0.1, 0.15) is 0 Å². The second-order valence-corrected chi connectivity index (χ2v) is 4.93. The van der Waals surface area contributed by atoms with Crippen molar-refractivity contribution < 1.29 is 4.79 Å². The van der Waals surface area contributed by atoms with Crippen LogP contribution in [0, 0.1) is 13.8 Å². The van der Waals surface area contributed by atoms with Crippen molar-refractivity contribution in [3.05, 3.63) is 53.3 Å².